The number of rotatable bonds is 4. The van der Waals surface area contributed by atoms with Crippen molar-refractivity contribution in [3.8, 4) is 0 Å². The third-order valence-corrected chi connectivity index (χ3v) is 5.37. The number of hydrogen-bond donors (Lipinski definition) is 1. The average molecular weight is 376 g/mol. The quantitative estimate of drug-likeness (QED) is 0.883. The first-order valence-corrected chi connectivity index (χ1v) is 8.30. The Morgan fingerprint density at radius 2 is 1.76 bits per heavy atom. The smallest absolute Gasteiger partial charge is 0.207 e. The van der Waals surface area contributed by atoms with Crippen LogP contribution in [0, 0.1) is 11.6 Å². The molecule has 7 heteroatoms. The highest BCUT2D eigenvalue weighted by Gasteiger charge is 2.25. The lowest BCUT2D eigenvalue weighted by molar-refractivity contribution is 0.534. The second-order valence-corrected chi connectivity index (χ2v) is 6.96. The molecule has 0 bridgehead atoms. The van der Waals surface area contributed by atoms with Gasteiger partial charge in [0.05, 0.1) is 0 Å². The molecule has 0 saturated carbocycles. The summed E-state index contributed by atoms with van der Waals surface area (Å²) in [4.78, 5) is -0.605. The highest BCUT2D eigenvalue weighted by atomic mass is 79.9. The van der Waals surface area contributed by atoms with Crippen LogP contribution in [0.5, 0.6) is 0 Å². The van der Waals surface area contributed by atoms with Crippen LogP contribution in [0.15, 0.2) is 51.8 Å². The van der Waals surface area contributed by atoms with Gasteiger partial charge in [-0.3, -0.25) is 0 Å². The number of halogens is 3. The van der Waals surface area contributed by atoms with E-state index < -0.39 is 32.6 Å². The second kappa shape index (κ2) is 6.21. The number of nitrogens with one attached hydrogen (secondary N) is 1. The van der Waals surface area contributed by atoms with Gasteiger partial charge in [-0.15, -0.1) is 0 Å². The van der Waals surface area contributed by atoms with E-state index in [1.54, 1.807) is 37.3 Å². The third-order valence-electron chi connectivity index (χ3n) is 2.86. The maximum Gasteiger partial charge on any atom is 0.245 e. The molecule has 0 amide bonds. The molecule has 21 heavy (non-hydrogen) atoms. The Bertz CT molecular complexity index is 728. The average Bonchev–Trinajstić information content (AvgIpc) is 2.37. The molecule has 0 spiro atoms. The van der Waals surface area contributed by atoms with Gasteiger partial charge in [-0.1, -0.05) is 30.3 Å². The molecule has 0 radical (unpaired) electrons. The van der Waals surface area contributed by atoms with Crippen LogP contribution in [-0.2, 0) is 10.0 Å². The van der Waals surface area contributed by atoms with Crippen molar-refractivity contribution in [1.82, 2.24) is 4.72 Å². The predicted octanol–water partition coefficient (Wildman–Crippen LogP) is 3.77. The molecule has 0 aliphatic carbocycles. The van der Waals surface area contributed by atoms with Gasteiger partial charge in [0.1, 0.15) is 16.5 Å². The molecule has 112 valence electrons. The summed E-state index contributed by atoms with van der Waals surface area (Å²) < 4.78 is 53.6. The first-order valence-electron chi connectivity index (χ1n) is 6.03. The van der Waals surface area contributed by atoms with Crippen LogP contribution >= 0.6 is 15.9 Å². The van der Waals surface area contributed by atoms with Crippen LogP contribution in [0.2, 0.25) is 0 Å². The molecule has 2 aromatic carbocycles. The molecule has 3 nitrogen and oxygen atoms in total. The monoisotopic (exact) mass is 375 g/mol. The maximum absolute atomic E-state index is 13.8. The normalized spacial score (nSPS) is 13.1. The minimum absolute atomic E-state index is 0.159. The molecule has 1 unspecified atom stereocenters. The van der Waals surface area contributed by atoms with E-state index in [0.717, 1.165) is 11.6 Å². The third kappa shape index (κ3) is 3.66. The highest BCUT2D eigenvalue weighted by Crippen LogP contribution is 2.27. The van der Waals surface area contributed by atoms with Gasteiger partial charge in [-0.2, -0.15) is 0 Å². The SMILES string of the molecule is CC(NS(=O)(=O)c1c(F)cc(F)cc1Br)c1ccccc1. The molecule has 0 saturated heterocycles. The van der Waals surface area contributed by atoms with Gasteiger partial charge in [-0.25, -0.2) is 21.9 Å². The molecule has 1 N–H and O–H groups in total. The van der Waals surface area contributed by atoms with Crippen molar-refractivity contribution in [2.75, 3.05) is 0 Å². The van der Waals surface area contributed by atoms with Crippen LogP contribution < -0.4 is 4.72 Å². The van der Waals surface area contributed by atoms with E-state index in [4.69, 9.17) is 0 Å². The zero-order valence-electron chi connectivity index (χ0n) is 11.0. The Kier molecular flexibility index (Phi) is 4.75. The fourth-order valence-electron chi connectivity index (χ4n) is 1.89. The van der Waals surface area contributed by atoms with E-state index >= 15 is 0 Å². The minimum Gasteiger partial charge on any atom is -0.207 e. The first kappa shape index (κ1) is 16.1. The van der Waals surface area contributed by atoms with Crippen molar-refractivity contribution in [3.05, 3.63) is 64.1 Å². The zero-order chi connectivity index (χ0) is 15.6. The molecule has 1 atom stereocenters. The lowest BCUT2D eigenvalue weighted by Gasteiger charge is -2.16. The Morgan fingerprint density at radius 1 is 1.14 bits per heavy atom. The highest BCUT2D eigenvalue weighted by molar-refractivity contribution is 9.10. The Balaban J connectivity index is 2.36. The van der Waals surface area contributed by atoms with Gasteiger partial charge in [0.2, 0.25) is 10.0 Å². The summed E-state index contributed by atoms with van der Waals surface area (Å²) >= 11 is 2.88. The van der Waals surface area contributed by atoms with Crippen LogP contribution in [0.3, 0.4) is 0 Å². The first-order chi connectivity index (χ1) is 9.81. The Labute approximate surface area is 130 Å². The van der Waals surface area contributed by atoms with Crippen LogP contribution in [0.4, 0.5) is 8.78 Å². The van der Waals surface area contributed by atoms with E-state index in [1.807, 2.05) is 0 Å². The van der Waals surface area contributed by atoms with Gasteiger partial charge in [-0.05, 0) is 34.5 Å². The van der Waals surface area contributed by atoms with Gasteiger partial charge in [0.25, 0.3) is 0 Å². The fraction of sp³-hybridized carbons (Fsp3) is 0.143. The zero-order valence-corrected chi connectivity index (χ0v) is 13.4. The standard InChI is InChI=1S/C14H12BrF2NO2S/c1-9(10-5-3-2-4-6-10)18-21(19,20)14-12(15)7-11(16)8-13(14)17/h2-9,18H,1H3. The molecular weight excluding hydrogens is 364 g/mol. The summed E-state index contributed by atoms with van der Waals surface area (Å²) in [6, 6.07) is 9.75. The van der Waals surface area contributed by atoms with E-state index in [-0.39, 0.29) is 4.47 Å². The van der Waals surface area contributed by atoms with Crippen molar-refractivity contribution in [2.45, 2.75) is 17.9 Å². The molecular formula is C14H12BrF2NO2S. The second-order valence-electron chi connectivity index (χ2n) is 4.45. The maximum atomic E-state index is 13.8. The van der Waals surface area contributed by atoms with Gasteiger partial charge >= 0.3 is 0 Å². The Hall–Kier alpha value is -1.31. The lowest BCUT2D eigenvalue weighted by Crippen LogP contribution is -2.28. The number of benzene rings is 2. The molecule has 0 aliphatic rings. The van der Waals surface area contributed by atoms with Crippen molar-refractivity contribution >= 4 is 26.0 Å². The molecule has 0 heterocycles. The van der Waals surface area contributed by atoms with E-state index in [9.17, 15) is 17.2 Å². The van der Waals surface area contributed by atoms with Crippen LogP contribution in [0.1, 0.15) is 18.5 Å². The van der Waals surface area contributed by atoms with E-state index in [1.165, 1.54) is 0 Å². The van der Waals surface area contributed by atoms with Crippen LogP contribution in [-0.4, -0.2) is 8.42 Å². The molecule has 0 aliphatic heterocycles. The van der Waals surface area contributed by atoms with Gasteiger partial charge < -0.3 is 0 Å². The van der Waals surface area contributed by atoms with E-state index in [2.05, 4.69) is 20.7 Å². The topological polar surface area (TPSA) is 46.2 Å². The minimum atomic E-state index is -4.12. The summed E-state index contributed by atoms with van der Waals surface area (Å²) in [5.74, 6) is -2.00. The summed E-state index contributed by atoms with van der Waals surface area (Å²) in [7, 11) is -4.12. The summed E-state index contributed by atoms with van der Waals surface area (Å²) in [6.45, 7) is 1.64. The van der Waals surface area contributed by atoms with Crippen molar-refractivity contribution in [3.63, 3.8) is 0 Å². The van der Waals surface area contributed by atoms with Gasteiger partial charge in [0, 0.05) is 16.6 Å². The largest absolute Gasteiger partial charge is 0.245 e. The molecule has 0 fully saturated rings. The summed E-state index contributed by atoms with van der Waals surface area (Å²) in [5, 5.41) is 0. The van der Waals surface area contributed by atoms with Crippen molar-refractivity contribution in [2.24, 2.45) is 0 Å². The fourth-order valence-corrected chi connectivity index (χ4v) is 4.29. The summed E-state index contributed by atoms with van der Waals surface area (Å²) in [5.41, 5.74) is 0.736. The lowest BCUT2D eigenvalue weighted by atomic mass is 10.1. The Morgan fingerprint density at radius 3 is 2.33 bits per heavy atom. The van der Waals surface area contributed by atoms with Crippen molar-refractivity contribution in [1.29, 1.82) is 0 Å². The number of hydrogen-bond acceptors (Lipinski definition) is 2. The number of sulfonamides is 1. The molecule has 0 aromatic heterocycles. The van der Waals surface area contributed by atoms with Gasteiger partial charge in [0.15, 0.2) is 0 Å². The molecule has 2 rings (SSSR count). The van der Waals surface area contributed by atoms with Crippen LogP contribution in [0.25, 0.3) is 0 Å². The summed E-state index contributed by atoms with van der Waals surface area (Å²) in [6.07, 6.45) is 0. The molecule has 2 aromatic rings. The predicted molar refractivity (Wildman–Crippen MR) is 79.2 cm³/mol. The van der Waals surface area contributed by atoms with Crippen molar-refractivity contribution < 1.29 is 17.2 Å². The van der Waals surface area contributed by atoms with E-state index in [0.29, 0.717) is 6.07 Å².